The first-order valence-corrected chi connectivity index (χ1v) is 9.55. The molecule has 2 saturated heterocycles. The van der Waals surface area contributed by atoms with E-state index in [1.54, 1.807) is 4.90 Å². The maximum Gasteiger partial charge on any atom is 0.191 e. The molecule has 0 bridgehead atoms. The van der Waals surface area contributed by atoms with E-state index >= 15 is 0 Å². The van der Waals surface area contributed by atoms with Crippen LogP contribution in [0.4, 0.5) is 14.5 Å². The second kappa shape index (κ2) is 10.5. The first kappa shape index (κ1) is 23.1. The maximum absolute atomic E-state index is 14.0. The van der Waals surface area contributed by atoms with Gasteiger partial charge in [-0.25, -0.2) is 8.78 Å². The van der Waals surface area contributed by atoms with Crippen molar-refractivity contribution < 1.29 is 18.6 Å². The first-order chi connectivity index (χ1) is 13.0. The molecule has 0 radical (unpaired) electrons. The topological polar surface area (TPSA) is 69.1 Å². The van der Waals surface area contributed by atoms with Crippen LogP contribution in [-0.2, 0) is 4.74 Å². The summed E-state index contributed by atoms with van der Waals surface area (Å²) in [5, 5.41) is 17.1. The summed E-state index contributed by atoms with van der Waals surface area (Å²) in [5.74, 6) is -0.478. The molecule has 0 spiro atoms. The fourth-order valence-corrected chi connectivity index (χ4v) is 3.52. The fourth-order valence-electron chi connectivity index (χ4n) is 3.52. The Morgan fingerprint density at radius 1 is 1.32 bits per heavy atom. The summed E-state index contributed by atoms with van der Waals surface area (Å²) in [5.41, 5.74) is -0.807. The van der Waals surface area contributed by atoms with Gasteiger partial charge < -0.3 is 25.4 Å². The van der Waals surface area contributed by atoms with Gasteiger partial charge in [0.1, 0.15) is 17.3 Å². The Bertz CT molecular complexity index is 651. The number of hydrogen-bond donors (Lipinski definition) is 3. The predicted molar refractivity (Wildman–Crippen MR) is 117 cm³/mol. The molecule has 1 atom stereocenters. The van der Waals surface area contributed by atoms with Crippen LogP contribution in [0.1, 0.15) is 26.2 Å². The van der Waals surface area contributed by atoms with Crippen molar-refractivity contribution in [3.63, 3.8) is 0 Å². The molecule has 0 saturated carbocycles. The van der Waals surface area contributed by atoms with E-state index in [2.05, 4.69) is 15.6 Å². The minimum absolute atomic E-state index is 0. The van der Waals surface area contributed by atoms with Crippen molar-refractivity contribution in [3.8, 4) is 0 Å². The third kappa shape index (κ3) is 5.90. The number of aliphatic hydroxyl groups is 1. The number of halogens is 3. The molecule has 28 heavy (non-hydrogen) atoms. The minimum Gasteiger partial charge on any atom is -0.388 e. The Balaban J connectivity index is 0.00000280. The molecule has 0 amide bonds. The molecule has 9 heteroatoms. The number of nitrogens with zero attached hydrogens (tertiary/aromatic N) is 2. The molecule has 2 fully saturated rings. The van der Waals surface area contributed by atoms with Crippen LogP contribution in [0.5, 0.6) is 0 Å². The summed E-state index contributed by atoms with van der Waals surface area (Å²) in [6.07, 6.45) is 1.88. The molecule has 3 rings (SSSR count). The van der Waals surface area contributed by atoms with E-state index in [9.17, 15) is 13.9 Å². The minimum atomic E-state index is -0.835. The number of rotatable bonds is 5. The van der Waals surface area contributed by atoms with E-state index in [1.807, 2.05) is 6.92 Å². The van der Waals surface area contributed by atoms with E-state index in [0.717, 1.165) is 6.42 Å². The van der Waals surface area contributed by atoms with Crippen LogP contribution >= 0.6 is 24.0 Å². The third-order valence-corrected chi connectivity index (χ3v) is 5.08. The highest BCUT2D eigenvalue weighted by molar-refractivity contribution is 14.0. The van der Waals surface area contributed by atoms with Crippen LogP contribution in [0.3, 0.4) is 0 Å². The van der Waals surface area contributed by atoms with Crippen LogP contribution in [0, 0.1) is 11.6 Å². The first-order valence-electron chi connectivity index (χ1n) is 9.55. The highest BCUT2D eigenvalue weighted by Gasteiger charge is 2.30. The van der Waals surface area contributed by atoms with Crippen LogP contribution < -0.4 is 15.5 Å². The van der Waals surface area contributed by atoms with Crippen LogP contribution in [0.2, 0.25) is 0 Å². The smallest absolute Gasteiger partial charge is 0.191 e. The molecule has 1 unspecified atom stereocenters. The van der Waals surface area contributed by atoms with Gasteiger partial charge in [-0.15, -0.1) is 24.0 Å². The quantitative estimate of drug-likeness (QED) is 0.322. The Morgan fingerprint density at radius 2 is 2.00 bits per heavy atom. The van der Waals surface area contributed by atoms with Crippen LogP contribution in [0.25, 0.3) is 0 Å². The molecule has 0 aliphatic carbocycles. The highest BCUT2D eigenvalue weighted by atomic mass is 127. The summed E-state index contributed by atoms with van der Waals surface area (Å²) >= 11 is 0. The number of anilines is 1. The van der Waals surface area contributed by atoms with Gasteiger partial charge in [0.15, 0.2) is 5.96 Å². The SMILES string of the molecule is CCNC(=NCC1(O)CCOCC1)NC1CCN(c2c(F)cccc2F)C1.I. The molecular weight excluding hydrogens is 481 g/mol. The lowest BCUT2D eigenvalue weighted by molar-refractivity contribution is -0.0566. The number of hydrogen-bond acceptors (Lipinski definition) is 4. The molecule has 1 aromatic carbocycles. The zero-order valence-electron chi connectivity index (χ0n) is 16.1. The van der Waals surface area contributed by atoms with Crippen molar-refractivity contribution in [1.29, 1.82) is 0 Å². The molecule has 3 N–H and O–H groups in total. The molecule has 2 aliphatic heterocycles. The number of ether oxygens (including phenoxy) is 1. The number of aliphatic imine (C=N–C) groups is 1. The summed E-state index contributed by atoms with van der Waals surface area (Å²) in [7, 11) is 0. The maximum atomic E-state index is 14.0. The summed E-state index contributed by atoms with van der Waals surface area (Å²) < 4.78 is 33.3. The summed E-state index contributed by atoms with van der Waals surface area (Å²) in [4.78, 5) is 6.25. The second-order valence-electron chi connectivity index (χ2n) is 7.18. The van der Waals surface area contributed by atoms with E-state index in [4.69, 9.17) is 4.74 Å². The van der Waals surface area contributed by atoms with Gasteiger partial charge in [0.25, 0.3) is 0 Å². The zero-order valence-corrected chi connectivity index (χ0v) is 18.4. The van der Waals surface area contributed by atoms with E-state index in [0.29, 0.717) is 58.2 Å². The summed E-state index contributed by atoms with van der Waals surface area (Å²) in [6.45, 7) is 5.09. The number of nitrogens with one attached hydrogen (secondary N) is 2. The molecular formula is C19H29F2IN4O2. The molecule has 158 valence electrons. The van der Waals surface area contributed by atoms with Crippen molar-refractivity contribution in [2.24, 2.45) is 4.99 Å². The molecule has 0 aromatic heterocycles. The highest BCUT2D eigenvalue weighted by Crippen LogP contribution is 2.26. The molecule has 1 aromatic rings. The normalized spacial score (nSPS) is 21.9. The van der Waals surface area contributed by atoms with Crippen molar-refractivity contribution in [2.75, 3.05) is 44.3 Å². The zero-order chi connectivity index (χ0) is 19.3. The van der Waals surface area contributed by atoms with Gasteiger partial charge in [-0.05, 0) is 25.5 Å². The van der Waals surface area contributed by atoms with Crippen LogP contribution in [-0.4, -0.2) is 62.1 Å². The van der Waals surface area contributed by atoms with Gasteiger partial charge in [0, 0.05) is 51.7 Å². The van der Waals surface area contributed by atoms with Gasteiger partial charge in [0.2, 0.25) is 0 Å². The third-order valence-electron chi connectivity index (χ3n) is 5.08. The number of benzene rings is 1. The average Bonchev–Trinajstić information content (AvgIpc) is 3.08. The fraction of sp³-hybridized carbons (Fsp3) is 0.632. The van der Waals surface area contributed by atoms with Crippen molar-refractivity contribution >= 4 is 35.6 Å². The van der Waals surface area contributed by atoms with E-state index in [-0.39, 0.29) is 35.7 Å². The lowest BCUT2D eigenvalue weighted by Gasteiger charge is -2.30. The largest absolute Gasteiger partial charge is 0.388 e. The van der Waals surface area contributed by atoms with Crippen molar-refractivity contribution in [3.05, 3.63) is 29.8 Å². The van der Waals surface area contributed by atoms with Gasteiger partial charge in [-0.2, -0.15) is 0 Å². The van der Waals surface area contributed by atoms with Crippen LogP contribution in [0.15, 0.2) is 23.2 Å². The summed E-state index contributed by atoms with van der Waals surface area (Å²) in [6, 6.07) is 3.95. The average molecular weight is 510 g/mol. The van der Waals surface area contributed by atoms with E-state index < -0.39 is 17.2 Å². The number of guanidine groups is 1. The van der Waals surface area contributed by atoms with E-state index in [1.165, 1.54) is 18.2 Å². The van der Waals surface area contributed by atoms with Crippen molar-refractivity contribution in [2.45, 2.75) is 37.8 Å². The molecule has 2 heterocycles. The Labute approximate surface area is 181 Å². The lowest BCUT2D eigenvalue weighted by atomic mass is 9.95. The van der Waals surface area contributed by atoms with Gasteiger partial charge in [-0.1, -0.05) is 6.07 Å². The standard InChI is InChI=1S/C19H28F2N4O2.HI/c1-2-22-18(23-13-19(26)7-10-27-11-8-19)24-14-6-9-25(12-14)17-15(20)4-3-5-16(17)21;/h3-5,14,26H,2,6-13H2,1H3,(H2,22,23,24);1H. The Hall–Kier alpha value is -1.20. The Morgan fingerprint density at radius 3 is 2.64 bits per heavy atom. The lowest BCUT2D eigenvalue weighted by Crippen LogP contribution is -2.46. The Kier molecular flexibility index (Phi) is 8.69. The molecule has 6 nitrogen and oxygen atoms in total. The van der Waals surface area contributed by atoms with Gasteiger partial charge in [-0.3, -0.25) is 4.99 Å². The second-order valence-corrected chi connectivity index (χ2v) is 7.18. The number of para-hydroxylation sites is 1. The predicted octanol–water partition coefficient (Wildman–Crippen LogP) is 2.26. The van der Waals surface area contributed by atoms with Crippen molar-refractivity contribution in [1.82, 2.24) is 10.6 Å². The molecule has 2 aliphatic rings. The van der Waals surface area contributed by atoms with Gasteiger partial charge in [0.05, 0.1) is 12.1 Å². The monoisotopic (exact) mass is 510 g/mol. The van der Waals surface area contributed by atoms with Gasteiger partial charge >= 0.3 is 0 Å².